The van der Waals surface area contributed by atoms with Crippen LogP contribution in [-0.2, 0) is 0 Å². The van der Waals surface area contributed by atoms with Gasteiger partial charge in [-0.3, -0.25) is 0 Å². The van der Waals surface area contributed by atoms with Crippen molar-refractivity contribution in [1.82, 2.24) is 0 Å². The standard InChI is InChI=1S/C4H12GeSSi/c1-5-6-7(2,3)4/h1-4H3. The van der Waals surface area contributed by atoms with E-state index in [4.69, 9.17) is 0 Å². The van der Waals surface area contributed by atoms with Crippen molar-refractivity contribution in [3.05, 3.63) is 0 Å². The number of rotatable bonds is 2. The zero-order valence-corrected chi connectivity index (χ0v) is 9.32. The summed E-state index contributed by atoms with van der Waals surface area (Å²) in [6.07, 6.45) is 0. The molecule has 2 radical (unpaired) electrons. The molecule has 0 saturated heterocycles. The van der Waals surface area contributed by atoms with Crippen LogP contribution in [0, 0.1) is 0 Å². The van der Waals surface area contributed by atoms with Gasteiger partial charge in [-0.2, -0.15) is 0 Å². The SMILES string of the molecule is [CH3][Ge][S][Si](C)(C)C. The summed E-state index contributed by atoms with van der Waals surface area (Å²) in [4.78, 5) is 0. The molecule has 7 heavy (non-hydrogen) atoms. The van der Waals surface area contributed by atoms with E-state index < -0.39 is 7.22 Å². The molecule has 3 heteroatoms. The fourth-order valence-electron chi connectivity index (χ4n) is 0.306. The molecule has 0 aromatic carbocycles. The van der Waals surface area contributed by atoms with E-state index in [2.05, 4.69) is 34.9 Å². The Balaban J connectivity index is 3.15. The molecule has 0 saturated carbocycles. The fourth-order valence-corrected chi connectivity index (χ4v) is 14.3. The van der Waals surface area contributed by atoms with Gasteiger partial charge >= 0.3 is 56.4 Å². The van der Waals surface area contributed by atoms with Crippen molar-refractivity contribution in [2.75, 3.05) is 0 Å². The summed E-state index contributed by atoms with van der Waals surface area (Å²) in [5.74, 6) is 2.35. The molecule has 42 valence electrons. The van der Waals surface area contributed by atoms with Crippen LogP contribution in [0.25, 0.3) is 0 Å². The summed E-state index contributed by atoms with van der Waals surface area (Å²) in [6, 6.07) is 0. The fraction of sp³-hybridized carbons (Fsp3) is 1.00. The van der Waals surface area contributed by atoms with Crippen molar-refractivity contribution in [3.63, 3.8) is 0 Å². The second-order valence-electron chi connectivity index (χ2n) is 2.42. The Morgan fingerprint density at radius 1 is 1.29 bits per heavy atom. The van der Waals surface area contributed by atoms with Crippen LogP contribution >= 0.6 is 9.54 Å². The number of hydrogen-bond donors (Lipinski definition) is 0. The van der Waals surface area contributed by atoms with Crippen molar-refractivity contribution in [2.24, 2.45) is 0 Å². The molecule has 0 nitrogen and oxygen atoms in total. The van der Waals surface area contributed by atoms with Gasteiger partial charge in [-0.05, 0) is 0 Å². The van der Waals surface area contributed by atoms with Crippen molar-refractivity contribution < 1.29 is 0 Å². The Bertz CT molecular complexity index is 50.1. The average molecular weight is 193 g/mol. The monoisotopic (exact) mass is 194 g/mol. The van der Waals surface area contributed by atoms with E-state index in [-0.39, 0.29) is 0 Å². The molecule has 0 spiro atoms. The summed E-state index contributed by atoms with van der Waals surface area (Å²) in [6.45, 7) is 7.22. The van der Waals surface area contributed by atoms with E-state index >= 15 is 0 Å². The van der Waals surface area contributed by atoms with Gasteiger partial charge in [0.05, 0.1) is 0 Å². The van der Waals surface area contributed by atoms with Crippen molar-refractivity contribution >= 4 is 31.0 Å². The first kappa shape index (κ1) is 8.11. The van der Waals surface area contributed by atoms with E-state index in [0.29, 0.717) is 14.3 Å². The van der Waals surface area contributed by atoms with Gasteiger partial charge < -0.3 is 0 Å². The molecule has 0 aromatic heterocycles. The first-order chi connectivity index (χ1) is 3.06. The van der Waals surface area contributed by atoms with Gasteiger partial charge in [0.1, 0.15) is 0 Å². The Morgan fingerprint density at radius 3 is 1.71 bits per heavy atom. The Kier molecular flexibility index (Phi) is 3.71. The third-order valence-corrected chi connectivity index (χ3v) is 19.1. The van der Waals surface area contributed by atoms with Gasteiger partial charge in [0.25, 0.3) is 0 Å². The molecular formula is C4H12GeSSi. The van der Waals surface area contributed by atoms with Gasteiger partial charge in [0, 0.05) is 0 Å². The van der Waals surface area contributed by atoms with Crippen LogP contribution in [0.5, 0.6) is 0 Å². The summed E-state index contributed by atoms with van der Waals surface area (Å²) >= 11 is 0.388. The second-order valence-corrected chi connectivity index (χ2v) is 18.0. The van der Waals surface area contributed by atoms with Gasteiger partial charge in [0.2, 0.25) is 0 Å². The van der Waals surface area contributed by atoms with E-state index in [1.54, 1.807) is 0 Å². The van der Waals surface area contributed by atoms with E-state index in [9.17, 15) is 0 Å². The third kappa shape index (κ3) is 7.11. The molecule has 0 bridgehead atoms. The maximum atomic E-state index is 2.41. The van der Waals surface area contributed by atoms with Crippen molar-refractivity contribution in [3.8, 4) is 0 Å². The van der Waals surface area contributed by atoms with Gasteiger partial charge in [-0.25, -0.2) is 0 Å². The van der Waals surface area contributed by atoms with Crippen LogP contribution in [0.1, 0.15) is 0 Å². The first-order valence-corrected chi connectivity index (χ1v) is 12.1. The molecule has 0 aliphatic carbocycles. The molecule has 0 aromatic rings. The van der Waals surface area contributed by atoms with E-state index in [1.807, 2.05) is 0 Å². The zero-order chi connectivity index (χ0) is 5.91. The molecular weight excluding hydrogens is 181 g/mol. The first-order valence-electron chi connectivity index (χ1n) is 2.41. The average Bonchev–Trinajstić information content (AvgIpc) is 1.30. The van der Waals surface area contributed by atoms with Gasteiger partial charge in [-0.15, -0.1) is 0 Å². The van der Waals surface area contributed by atoms with E-state index in [0.717, 1.165) is 0 Å². The molecule has 0 atom stereocenters. The minimum atomic E-state index is -0.685. The Hall–Kier alpha value is 1.11. The van der Waals surface area contributed by atoms with Crippen LogP contribution in [0.3, 0.4) is 0 Å². The van der Waals surface area contributed by atoms with Gasteiger partial charge in [0.15, 0.2) is 0 Å². The molecule has 0 unspecified atom stereocenters. The normalized spacial score (nSPS) is 12.0. The summed E-state index contributed by atoms with van der Waals surface area (Å²) < 4.78 is 0. The van der Waals surface area contributed by atoms with Crippen LogP contribution < -0.4 is 0 Å². The van der Waals surface area contributed by atoms with E-state index in [1.165, 1.54) is 0 Å². The molecule has 0 aliphatic rings. The predicted octanol–water partition coefficient (Wildman–Crippen LogP) is 2.22. The van der Waals surface area contributed by atoms with Crippen LogP contribution in [0.4, 0.5) is 0 Å². The molecule has 0 aliphatic heterocycles. The molecule has 0 amide bonds. The molecule has 0 rings (SSSR count). The third-order valence-electron chi connectivity index (χ3n) is 0.408. The molecule has 0 heterocycles. The number of hydrogen-bond acceptors (Lipinski definition) is 1. The Labute approximate surface area is 56.6 Å². The summed E-state index contributed by atoms with van der Waals surface area (Å²) in [7, 11) is 1.57. The van der Waals surface area contributed by atoms with Crippen LogP contribution in [0.2, 0.25) is 25.4 Å². The van der Waals surface area contributed by atoms with Crippen molar-refractivity contribution in [1.29, 1.82) is 0 Å². The zero-order valence-electron chi connectivity index (χ0n) is 5.41. The van der Waals surface area contributed by atoms with Crippen LogP contribution in [0.15, 0.2) is 0 Å². The second kappa shape index (κ2) is 3.20. The summed E-state index contributed by atoms with van der Waals surface area (Å²) in [5, 5.41) is 0. The quantitative estimate of drug-likeness (QED) is 0.605. The minimum absolute atomic E-state index is 0.388. The molecule has 0 N–H and O–H groups in total. The molecule has 0 fully saturated rings. The predicted molar refractivity (Wildman–Crippen MR) is 42.6 cm³/mol. The summed E-state index contributed by atoms with van der Waals surface area (Å²) in [5.41, 5.74) is 0. The topological polar surface area (TPSA) is 0 Å². The van der Waals surface area contributed by atoms with Crippen molar-refractivity contribution in [2.45, 2.75) is 25.4 Å². The van der Waals surface area contributed by atoms with Crippen LogP contribution in [-0.4, -0.2) is 21.5 Å². The Morgan fingerprint density at radius 2 is 1.71 bits per heavy atom. The van der Waals surface area contributed by atoms with Gasteiger partial charge in [-0.1, -0.05) is 0 Å². The maximum absolute atomic E-state index is 2.41.